The lowest BCUT2D eigenvalue weighted by Gasteiger charge is -2.22. The molecule has 1 aliphatic carbocycles. The Kier molecular flexibility index (Phi) is 10.1. The van der Waals surface area contributed by atoms with E-state index in [1.54, 1.807) is 12.7 Å². The molecule has 5 heteroatoms. The van der Waals surface area contributed by atoms with Crippen LogP contribution in [0.5, 0.6) is 0 Å². The highest BCUT2D eigenvalue weighted by atomic mass is 127. The fourth-order valence-electron chi connectivity index (χ4n) is 3.26. The minimum Gasteiger partial charge on any atom is -0.384 e. The Hall–Kier alpha value is -0.300. The molecule has 0 spiro atoms. The van der Waals surface area contributed by atoms with Crippen LogP contribution in [0.25, 0.3) is 0 Å². The number of aliphatic imine (C=N–C) groups is 1. The Morgan fingerprint density at radius 3 is 3.00 bits per heavy atom. The molecule has 4 nitrogen and oxygen atoms in total. The van der Waals surface area contributed by atoms with Gasteiger partial charge in [-0.25, -0.2) is 0 Å². The van der Waals surface area contributed by atoms with Crippen LogP contribution >= 0.6 is 24.0 Å². The van der Waals surface area contributed by atoms with Gasteiger partial charge < -0.3 is 15.0 Å². The summed E-state index contributed by atoms with van der Waals surface area (Å²) in [5.74, 6) is 1.74. The molecule has 0 aromatic heterocycles. The molecule has 2 aliphatic rings. The largest absolute Gasteiger partial charge is 0.384 e. The number of nitrogens with zero attached hydrogens (tertiary/aromatic N) is 2. The van der Waals surface area contributed by atoms with E-state index in [2.05, 4.69) is 23.2 Å². The molecule has 0 amide bonds. The number of guanidine groups is 1. The van der Waals surface area contributed by atoms with Gasteiger partial charge in [0.1, 0.15) is 0 Å². The molecule has 1 unspecified atom stereocenters. The van der Waals surface area contributed by atoms with Crippen molar-refractivity contribution in [3.05, 3.63) is 11.6 Å². The van der Waals surface area contributed by atoms with E-state index in [4.69, 9.17) is 9.73 Å². The maximum absolute atomic E-state index is 5.28. The number of hydrogen-bond donors (Lipinski definition) is 1. The van der Waals surface area contributed by atoms with Gasteiger partial charge in [0.25, 0.3) is 0 Å². The molecule has 1 atom stereocenters. The summed E-state index contributed by atoms with van der Waals surface area (Å²) in [6.45, 7) is 7.03. The summed E-state index contributed by atoms with van der Waals surface area (Å²) in [5.41, 5.74) is 1.61. The van der Waals surface area contributed by atoms with Crippen LogP contribution in [0, 0.1) is 5.92 Å². The first-order chi connectivity index (χ1) is 10.3. The lowest BCUT2D eigenvalue weighted by Crippen LogP contribution is -2.40. The van der Waals surface area contributed by atoms with E-state index in [9.17, 15) is 0 Å². The third-order valence-corrected chi connectivity index (χ3v) is 4.40. The third kappa shape index (κ3) is 6.44. The van der Waals surface area contributed by atoms with E-state index in [1.807, 2.05) is 0 Å². The molecular formula is C17H32IN3O. The molecule has 0 radical (unpaired) electrons. The van der Waals surface area contributed by atoms with E-state index in [1.165, 1.54) is 32.1 Å². The number of allylic oxidation sites excluding steroid dienone is 1. The van der Waals surface area contributed by atoms with Crippen molar-refractivity contribution in [2.24, 2.45) is 10.9 Å². The third-order valence-electron chi connectivity index (χ3n) is 4.40. The van der Waals surface area contributed by atoms with Crippen LogP contribution in [0.2, 0.25) is 0 Å². The molecule has 0 aromatic rings. The van der Waals surface area contributed by atoms with Crippen LogP contribution in [0.4, 0.5) is 0 Å². The van der Waals surface area contributed by atoms with Gasteiger partial charge in [-0.05, 0) is 45.4 Å². The fraction of sp³-hybridized carbons (Fsp3) is 0.824. The average Bonchev–Trinajstić information content (AvgIpc) is 2.96. The van der Waals surface area contributed by atoms with Crippen LogP contribution in [-0.4, -0.2) is 50.8 Å². The van der Waals surface area contributed by atoms with Crippen molar-refractivity contribution in [2.45, 2.75) is 45.4 Å². The van der Waals surface area contributed by atoms with Crippen LogP contribution in [0.3, 0.4) is 0 Å². The van der Waals surface area contributed by atoms with Gasteiger partial charge in [0.15, 0.2) is 5.96 Å². The van der Waals surface area contributed by atoms with E-state index in [0.717, 1.165) is 45.2 Å². The summed E-state index contributed by atoms with van der Waals surface area (Å²) in [6, 6.07) is 0. The molecule has 2 rings (SSSR count). The Bertz CT molecular complexity index is 371. The number of halogens is 1. The Morgan fingerprint density at radius 2 is 2.32 bits per heavy atom. The summed E-state index contributed by atoms with van der Waals surface area (Å²) in [7, 11) is 1.79. The summed E-state index contributed by atoms with van der Waals surface area (Å²) in [5, 5.41) is 3.44. The highest BCUT2D eigenvalue weighted by molar-refractivity contribution is 14.0. The number of ether oxygens (including phenoxy) is 1. The van der Waals surface area contributed by atoms with Crippen LogP contribution in [0.1, 0.15) is 45.4 Å². The quantitative estimate of drug-likeness (QED) is 0.309. The van der Waals surface area contributed by atoms with Crippen LogP contribution in [0.15, 0.2) is 16.6 Å². The monoisotopic (exact) mass is 421 g/mol. The molecule has 128 valence electrons. The molecule has 0 aromatic carbocycles. The molecule has 1 fully saturated rings. The van der Waals surface area contributed by atoms with Gasteiger partial charge in [-0.2, -0.15) is 0 Å². The van der Waals surface area contributed by atoms with Crippen molar-refractivity contribution in [3.63, 3.8) is 0 Å². The first kappa shape index (κ1) is 19.7. The van der Waals surface area contributed by atoms with E-state index >= 15 is 0 Å². The summed E-state index contributed by atoms with van der Waals surface area (Å²) < 4.78 is 5.28. The van der Waals surface area contributed by atoms with Crippen LogP contribution < -0.4 is 5.32 Å². The molecule has 1 aliphatic heterocycles. The van der Waals surface area contributed by atoms with Gasteiger partial charge in [0.2, 0.25) is 0 Å². The average molecular weight is 421 g/mol. The van der Waals surface area contributed by atoms with Gasteiger partial charge in [-0.15, -0.1) is 24.0 Å². The molecule has 0 bridgehead atoms. The second kappa shape index (κ2) is 11.3. The van der Waals surface area contributed by atoms with Gasteiger partial charge >= 0.3 is 0 Å². The van der Waals surface area contributed by atoms with Crippen LogP contribution in [-0.2, 0) is 4.74 Å². The predicted molar refractivity (Wildman–Crippen MR) is 104 cm³/mol. The van der Waals surface area contributed by atoms with E-state index < -0.39 is 0 Å². The molecule has 1 heterocycles. The maximum Gasteiger partial charge on any atom is 0.193 e. The zero-order valence-corrected chi connectivity index (χ0v) is 16.5. The van der Waals surface area contributed by atoms with E-state index in [0.29, 0.717) is 5.92 Å². The fourth-order valence-corrected chi connectivity index (χ4v) is 3.26. The number of rotatable bonds is 6. The first-order valence-electron chi connectivity index (χ1n) is 8.53. The van der Waals surface area contributed by atoms with Crippen molar-refractivity contribution in [2.75, 3.05) is 39.9 Å². The van der Waals surface area contributed by atoms with E-state index in [-0.39, 0.29) is 24.0 Å². The molecule has 1 N–H and O–H groups in total. The van der Waals surface area contributed by atoms with Gasteiger partial charge in [0.05, 0.1) is 6.61 Å². The zero-order chi connectivity index (χ0) is 14.9. The van der Waals surface area contributed by atoms with Gasteiger partial charge in [0, 0.05) is 39.2 Å². The molecule has 22 heavy (non-hydrogen) atoms. The second-order valence-electron chi connectivity index (χ2n) is 6.15. The summed E-state index contributed by atoms with van der Waals surface area (Å²) >= 11 is 0. The SMILES string of the molecule is CCNC(=NCCC1=CCCCC1)N1CCC(COC)C1.I. The predicted octanol–water partition coefficient (Wildman–Crippen LogP) is 3.43. The maximum atomic E-state index is 5.28. The molecule has 0 saturated carbocycles. The number of hydrogen-bond acceptors (Lipinski definition) is 2. The van der Waals surface area contributed by atoms with Crippen molar-refractivity contribution in [1.29, 1.82) is 0 Å². The highest BCUT2D eigenvalue weighted by Gasteiger charge is 2.24. The van der Waals surface area contributed by atoms with Crippen molar-refractivity contribution in [3.8, 4) is 0 Å². The van der Waals surface area contributed by atoms with Crippen molar-refractivity contribution >= 4 is 29.9 Å². The van der Waals surface area contributed by atoms with Crippen molar-refractivity contribution < 1.29 is 4.74 Å². The smallest absolute Gasteiger partial charge is 0.193 e. The van der Waals surface area contributed by atoms with Gasteiger partial charge in [-0.3, -0.25) is 4.99 Å². The Labute approximate surface area is 152 Å². The molecular weight excluding hydrogens is 389 g/mol. The first-order valence-corrected chi connectivity index (χ1v) is 8.53. The number of likely N-dealkylation sites (tertiary alicyclic amines) is 1. The lowest BCUT2D eigenvalue weighted by molar-refractivity contribution is 0.157. The highest BCUT2D eigenvalue weighted by Crippen LogP contribution is 2.20. The Morgan fingerprint density at radius 1 is 1.45 bits per heavy atom. The van der Waals surface area contributed by atoms with Gasteiger partial charge in [-0.1, -0.05) is 11.6 Å². The normalized spacial score (nSPS) is 22.3. The molecule has 1 saturated heterocycles. The summed E-state index contributed by atoms with van der Waals surface area (Å²) in [6.07, 6.45) is 10.0. The zero-order valence-electron chi connectivity index (χ0n) is 14.1. The lowest BCUT2D eigenvalue weighted by atomic mass is 9.97. The topological polar surface area (TPSA) is 36.9 Å². The number of nitrogens with one attached hydrogen (secondary N) is 1. The van der Waals surface area contributed by atoms with Crippen molar-refractivity contribution in [1.82, 2.24) is 10.2 Å². The second-order valence-corrected chi connectivity index (χ2v) is 6.15. The number of methoxy groups -OCH3 is 1. The minimum absolute atomic E-state index is 0. The standard InChI is InChI=1S/C17H31N3O.HI/c1-3-18-17(20-12-10-16(13-20)14-21-2)19-11-9-15-7-5-4-6-8-15;/h7,16H,3-6,8-14H2,1-2H3,(H,18,19);1H. The Balaban J connectivity index is 0.00000242. The summed E-state index contributed by atoms with van der Waals surface area (Å²) in [4.78, 5) is 7.23. The minimum atomic E-state index is 0.